The molecule has 7 heteroatoms. The topological polar surface area (TPSA) is 111 Å². The molecule has 3 N–H and O–H groups in total. The maximum atomic E-state index is 11.7. The zero-order valence-electron chi connectivity index (χ0n) is 11.0. The van der Waals surface area contributed by atoms with E-state index in [-0.39, 0.29) is 30.3 Å². The molecule has 1 heterocycles. The number of nitrogens with one attached hydrogen (secondary N) is 3. The fraction of sp³-hybridized carbons (Fsp3) is 0.667. The van der Waals surface area contributed by atoms with Crippen molar-refractivity contribution in [3.63, 3.8) is 0 Å². The molecule has 104 valence electrons. The van der Waals surface area contributed by atoms with Gasteiger partial charge >= 0.3 is 0 Å². The van der Waals surface area contributed by atoms with Crippen LogP contribution >= 0.6 is 0 Å². The number of hydrogen-bond acceptors (Lipinski definition) is 4. The number of carbonyl (C=O) groups excluding carboxylic acids is 3. The van der Waals surface area contributed by atoms with E-state index in [9.17, 15) is 14.4 Å². The van der Waals surface area contributed by atoms with E-state index in [1.54, 1.807) is 0 Å². The van der Waals surface area contributed by atoms with E-state index in [0.717, 1.165) is 0 Å². The monoisotopic (exact) mass is 266 g/mol. The van der Waals surface area contributed by atoms with E-state index in [1.165, 1.54) is 0 Å². The highest BCUT2D eigenvalue weighted by atomic mass is 16.2. The van der Waals surface area contributed by atoms with Gasteiger partial charge in [0.15, 0.2) is 0 Å². The van der Waals surface area contributed by atoms with Crippen molar-refractivity contribution in [2.45, 2.75) is 38.3 Å². The first kappa shape index (κ1) is 15.0. The lowest BCUT2D eigenvalue weighted by Gasteiger charge is -2.17. The van der Waals surface area contributed by atoms with E-state index < -0.39 is 11.9 Å². The third-order valence-corrected chi connectivity index (χ3v) is 2.95. The van der Waals surface area contributed by atoms with E-state index in [0.29, 0.717) is 12.8 Å². The lowest BCUT2D eigenvalue weighted by atomic mass is 9.92. The Labute approximate surface area is 111 Å². The summed E-state index contributed by atoms with van der Waals surface area (Å²) in [5.41, 5.74) is -0.273. The van der Waals surface area contributed by atoms with E-state index >= 15 is 0 Å². The molecule has 1 aliphatic rings. The van der Waals surface area contributed by atoms with Gasteiger partial charge in [-0.3, -0.25) is 14.4 Å². The summed E-state index contributed by atoms with van der Waals surface area (Å²) in [5, 5.41) is 16.5. The number of rotatable bonds is 6. The SMILES string of the molecule is CC1(C)C[C@@H](C[C@@H](C#N)NC(=O)CNC=O)C(=O)N1. The number of amides is 3. The summed E-state index contributed by atoms with van der Waals surface area (Å²) >= 11 is 0. The Bertz CT molecular complexity index is 414. The Balaban J connectivity index is 2.49. The van der Waals surface area contributed by atoms with Crippen LogP contribution in [0.15, 0.2) is 0 Å². The Morgan fingerprint density at radius 3 is 2.84 bits per heavy atom. The summed E-state index contributed by atoms with van der Waals surface area (Å²) < 4.78 is 0. The highest BCUT2D eigenvalue weighted by molar-refractivity contribution is 5.83. The zero-order chi connectivity index (χ0) is 14.5. The predicted octanol–water partition coefficient (Wildman–Crippen LogP) is -0.954. The van der Waals surface area contributed by atoms with Crippen molar-refractivity contribution in [2.75, 3.05) is 6.54 Å². The van der Waals surface area contributed by atoms with Crippen molar-refractivity contribution in [3.8, 4) is 6.07 Å². The smallest absolute Gasteiger partial charge is 0.240 e. The standard InChI is InChI=1S/C12H18N4O3/c1-12(2)4-8(11(19)16-12)3-9(5-13)15-10(18)6-14-7-17/h7-9H,3-4,6H2,1-2H3,(H,14,17)(H,15,18)(H,16,19)/t8-,9+/m1/s1. The van der Waals surface area contributed by atoms with Gasteiger partial charge in [0.25, 0.3) is 0 Å². The number of hydrogen-bond donors (Lipinski definition) is 3. The lowest BCUT2D eigenvalue weighted by molar-refractivity contribution is -0.124. The Hall–Kier alpha value is -2.10. The molecule has 0 unspecified atom stereocenters. The normalized spacial score (nSPS) is 21.9. The summed E-state index contributed by atoms with van der Waals surface area (Å²) in [6.45, 7) is 3.65. The highest BCUT2D eigenvalue weighted by Crippen LogP contribution is 2.27. The Kier molecular flexibility index (Phi) is 4.87. The Morgan fingerprint density at radius 2 is 2.37 bits per heavy atom. The first-order valence-electron chi connectivity index (χ1n) is 6.06. The molecule has 0 aromatic heterocycles. The minimum absolute atomic E-state index is 0.0921. The van der Waals surface area contributed by atoms with Gasteiger partial charge in [-0.15, -0.1) is 0 Å². The summed E-state index contributed by atoms with van der Waals surface area (Å²) in [4.78, 5) is 33.1. The molecular formula is C12H18N4O3. The van der Waals surface area contributed by atoms with Crippen molar-refractivity contribution in [1.29, 1.82) is 5.26 Å². The summed E-state index contributed by atoms with van der Waals surface area (Å²) in [5.74, 6) is -0.819. The van der Waals surface area contributed by atoms with Gasteiger partial charge in [-0.25, -0.2) is 0 Å². The highest BCUT2D eigenvalue weighted by Gasteiger charge is 2.38. The minimum Gasteiger partial charge on any atom is -0.351 e. The van der Waals surface area contributed by atoms with E-state index in [1.807, 2.05) is 19.9 Å². The van der Waals surface area contributed by atoms with Gasteiger partial charge in [-0.1, -0.05) is 0 Å². The van der Waals surface area contributed by atoms with Crippen LogP contribution < -0.4 is 16.0 Å². The van der Waals surface area contributed by atoms with Crippen LogP contribution in [0.4, 0.5) is 0 Å². The quantitative estimate of drug-likeness (QED) is 0.538. The molecular weight excluding hydrogens is 248 g/mol. The second kappa shape index (κ2) is 6.18. The van der Waals surface area contributed by atoms with Crippen LogP contribution in [0.2, 0.25) is 0 Å². The largest absolute Gasteiger partial charge is 0.351 e. The second-order valence-electron chi connectivity index (χ2n) is 5.26. The molecule has 0 spiro atoms. The molecule has 1 aliphatic heterocycles. The maximum Gasteiger partial charge on any atom is 0.240 e. The minimum atomic E-state index is -0.731. The van der Waals surface area contributed by atoms with Gasteiger partial charge < -0.3 is 16.0 Å². The van der Waals surface area contributed by atoms with E-state index in [4.69, 9.17) is 5.26 Å². The predicted molar refractivity (Wildman–Crippen MR) is 66.6 cm³/mol. The molecule has 1 rings (SSSR count). The van der Waals surface area contributed by atoms with Crippen LogP contribution in [0.25, 0.3) is 0 Å². The van der Waals surface area contributed by atoms with Crippen molar-refractivity contribution in [1.82, 2.24) is 16.0 Å². The van der Waals surface area contributed by atoms with Crippen LogP contribution in [0.3, 0.4) is 0 Å². The fourth-order valence-corrected chi connectivity index (χ4v) is 2.19. The van der Waals surface area contributed by atoms with Crippen LogP contribution in [-0.2, 0) is 14.4 Å². The van der Waals surface area contributed by atoms with Crippen molar-refractivity contribution in [2.24, 2.45) is 5.92 Å². The van der Waals surface area contributed by atoms with Gasteiger partial charge in [-0.2, -0.15) is 5.26 Å². The molecule has 0 aromatic rings. The van der Waals surface area contributed by atoms with E-state index in [2.05, 4.69) is 16.0 Å². The lowest BCUT2D eigenvalue weighted by Crippen LogP contribution is -2.41. The molecule has 0 aromatic carbocycles. The molecule has 0 radical (unpaired) electrons. The molecule has 0 bridgehead atoms. The molecule has 0 saturated carbocycles. The summed E-state index contributed by atoms with van der Waals surface area (Å²) in [6, 6.07) is 1.23. The van der Waals surface area contributed by atoms with Gasteiger partial charge in [0.2, 0.25) is 18.2 Å². The molecule has 1 fully saturated rings. The van der Waals surface area contributed by atoms with Gasteiger partial charge in [0, 0.05) is 11.5 Å². The average molecular weight is 266 g/mol. The fourth-order valence-electron chi connectivity index (χ4n) is 2.19. The van der Waals surface area contributed by atoms with Crippen LogP contribution in [-0.4, -0.2) is 36.3 Å². The number of nitrogens with zero attached hydrogens (tertiary/aromatic N) is 1. The number of carbonyl (C=O) groups is 3. The van der Waals surface area contributed by atoms with Crippen LogP contribution in [0.5, 0.6) is 0 Å². The molecule has 2 atom stereocenters. The van der Waals surface area contributed by atoms with Crippen molar-refractivity contribution in [3.05, 3.63) is 0 Å². The van der Waals surface area contributed by atoms with Gasteiger partial charge in [0.05, 0.1) is 12.6 Å². The van der Waals surface area contributed by atoms with Crippen LogP contribution in [0.1, 0.15) is 26.7 Å². The molecule has 3 amide bonds. The van der Waals surface area contributed by atoms with Crippen molar-refractivity contribution < 1.29 is 14.4 Å². The zero-order valence-corrected chi connectivity index (χ0v) is 11.0. The van der Waals surface area contributed by atoms with Crippen molar-refractivity contribution >= 4 is 18.2 Å². The first-order chi connectivity index (χ1) is 8.88. The first-order valence-corrected chi connectivity index (χ1v) is 6.06. The van der Waals surface area contributed by atoms with Gasteiger partial charge in [0.1, 0.15) is 6.04 Å². The summed E-state index contributed by atoms with van der Waals surface area (Å²) in [6.07, 6.45) is 1.32. The van der Waals surface area contributed by atoms with Crippen LogP contribution in [0, 0.1) is 17.2 Å². The molecule has 19 heavy (non-hydrogen) atoms. The average Bonchev–Trinajstić information content (AvgIpc) is 2.58. The molecule has 0 aliphatic carbocycles. The summed E-state index contributed by atoms with van der Waals surface area (Å²) in [7, 11) is 0. The molecule has 1 saturated heterocycles. The third kappa shape index (κ3) is 4.58. The van der Waals surface area contributed by atoms with Gasteiger partial charge in [-0.05, 0) is 26.7 Å². The number of nitriles is 1. The maximum absolute atomic E-state index is 11.7. The third-order valence-electron chi connectivity index (χ3n) is 2.95. The Morgan fingerprint density at radius 1 is 1.68 bits per heavy atom. The molecule has 7 nitrogen and oxygen atoms in total. The second-order valence-corrected chi connectivity index (χ2v) is 5.26.